The molecule has 2 aromatic rings. The summed E-state index contributed by atoms with van der Waals surface area (Å²) in [5, 5.41) is 7.00. The summed E-state index contributed by atoms with van der Waals surface area (Å²) >= 11 is 1.56. The van der Waals surface area contributed by atoms with Crippen LogP contribution in [0.4, 0.5) is 0 Å². The molecule has 1 N–H and O–H groups in total. The fourth-order valence-electron chi connectivity index (χ4n) is 5.30. The summed E-state index contributed by atoms with van der Waals surface area (Å²) in [6.45, 7) is 5.64. The number of ether oxygens (including phenoxy) is 1. The van der Waals surface area contributed by atoms with Gasteiger partial charge in [-0.3, -0.25) is 14.7 Å². The van der Waals surface area contributed by atoms with Crippen LogP contribution >= 0.6 is 11.3 Å². The molecule has 0 saturated carbocycles. The van der Waals surface area contributed by atoms with Crippen molar-refractivity contribution >= 4 is 17.2 Å². The molecule has 3 saturated heterocycles. The van der Waals surface area contributed by atoms with Crippen molar-refractivity contribution < 1.29 is 9.53 Å². The predicted octanol–water partition coefficient (Wildman–Crippen LogP) is 2.86. The number of pyridine rings is 1. The van der Waals surface area contributed by atoms with Gasteiger partial charge in [-0.1, -0.05) is 6.07 Å². The lowest BCUT2D eigenvalue weighted by Crippen LogP contribution is -2.41. The van der Waals surface area contributed by atoms with Gasteiger partial charge in [-0.15, -0.1) is 0 Å². The number of hydrogen-bond donors (Lipinski definition) is 1. The Balaban J connectivity index is 1.26. The smallest absolute Gasteiger partial charge is 0.252 e. The van der Waals surface area contributed by atoms with Crippen LogP contribution in [0.3, 0.4) is 0 Å². The number of nitrogens with zero attached hydrogens (tertiary/aromatic N) is 2. The fraction of sp³-hybridized carbons (Fsp3) is 0.524. The zero-order chi connectivity index (χ0) is 18.4. The van der Waals surface area contributed by atoms with E-state index in [1.54, 1.807) is 11.3 Å². The highest BCUT2D eigenvalue weighted by Gasteiger charge is 2.62. The molecule has 142 valence electrons. The molecule has 3 aliphatic rings. The van der Waals surface area contributed by atoms with Crippen molar-refractivity contribution in [1.29, 1.82) is 0 Å². The van der Waals surface area contributed by atoms with E-state index < -0.39 is 0 Å². The highest BCUT2D eigenvalue weighted by Crippen LogP contribution is 2.54. The molecule has 5 rings (SSSR count). The molecular weight excluding hydrogens is 358 g/mol. The number of likely N-dealkylation sites (tertiary alicyclic amines) is 1. The van der Waals surface area contributed by atoms with Crippen LogP contribution in [0.15, 0.2) is 35.0 Å². The van der Waals surface area contributed by atoms with Gasteiger partial charge in [-0.05, 0) is 43.3 Å². The summed E-state index contributed by atoms with van der Waals surface area (Å²) in [6.07, 6.45) is 2.57. The number of amides is 1. The second-order valence-corrected chi connectivity index (χ2v) is 8.97. The summed E-state index contributed by atoms with van der Waals surface area (Å²) in [6, 6.07) is 8.11. The van der Waals surface area contributed by atoms with Gasteiger partial charge < -0.3 is 10.1 Å². The molecule has 5 heterocycles. The Labute approximate surface area is 163 Å². The van der Waals surface area contributed by atoms with Crippen molar-refractivity contribution in [2.75, 3.05) is 19.6 Å². The standard InChI is InChI=1S/C21H25N3O2S/c1-14-3-2-4-16(23-14)10-24-11-18-17(19-5-7-21(18,13-24)26-19)9-22-20(25)15-6-8-27-12-15/h2-4,6,8,12,17-19H,5,7,9-11,13H2,1H3,(H,22,25)/t17-,18+,19+,21+/m0/s1. The number of nitrogens with one attached hydrogen (secondary N) is 1. The number of carbonyl (C=O) groups is 1. The Kier molecular flexibility index (Phi) is 4.30. The van der Waals surface area contributed by atoms with E-state index in [1.165, 1.54) is 0 Å². The lowest BCUT2D eigenvalue weighted by atomic mass is 9.73. The molecule has 1 amide bonds. The van der Waals surface area contributed by atoms with Crippen LogP contribution < -0.4 is 5.32 Å². The third kappa shape index (κ3) is 3.10. The second kappa shape index (κ2) is 6.69. The van der Waals surface area contributed by atoms with E-state index in [1.807, 2.05) is 29.8 Å². The minimum Gasteiger partial charge on any atom is -0.370 e. The predicted molar refractivity (Wildman–Crippen MR) is 105 cm³/mol. The second-order valence-electron chi connectivity index (χ2n) is 8.19. The van der Waals surface area contributed by atoms with E-state index in [-0.39, 0.29) is 11.5 Å². The van der Waals surface area contributed by atoms with Gasteiger partial charge in [-0.2, -0.15) is 11.3 Å². The summed E-state index contributed by atoms with van der Waals surface area (Å²) in [5.41, 5.74) is 2.95. The van der Waals surface area contributed by atoms with Crippen molar-refractivity contribution in [3.63, 3.8) is 0 Å². The fourth-order valence-corrected chi connectivity index (χ4v) is 5.94. The van der Waals surface area contributed by atoms with Crippen LogP contribution in [-0.2, 0) is 11.3 Å². The van der Waals surface area contributed by atoms with Crippen molar-refractivity contribution in [2.24, 2.45) is 11.8 Å². The first kappa shape index (κ1) is 17.3. The van der Waals surface area contributed by atoms with Crippen molar-refractivity contribution in [3.8, 4) is 0 Å². The van der Waals surface area contributed by atoms with E-state index >= 15 is 0 Å². The number of hydrogen-bond acceptors (Lipinski definition) is 5. The summed E-state index contributed by atoms with van der Waals surface area (Å²) < 4.78 is 6.50. The molecule has 2 aromatic heterocycles. The molecule has 4 atom stereocenters. The SMILES string of the molecule is Cc1cccc(CN2C[C@@H]3[C@H](CNC(=O)c4ccsc4)[C@H]4CC[C@]3(C2)O4)n1. The summed E-state index contributed by atoms with van der Waals surface area (Å²) in [4.78, 5) is 19.5. The zero-order valence-corrected chi connectivity index (χ0v) is 16.4. The topological polar surface area (TPSA) is 54.5 Å². The number of rotatable bonds is 5. The monoisotopic (exact) mass is 383 g/mol. The van der Waals surface area contributed by atoms with Gasteiger partial charge in [-0.25, -0.2) is 0 Å². The Morgan fingerprint density at radius 3 is 3.19 bits per heavy atom. The van der Waals surface area contributed by atoms with E-state index in [2.05, 4.69) is 27.3 Å². The Morgan fingerprint density at radius 1 is 1.44 bits per heavy atom. The van der Waals surface area contributed by atoms with Crippen LogP contribution in [0.25, 0.3) is 0 Å². The average molecular weight is 384 g/mol. The van der Waals surface area contributed by atoms with Crippen LogP contribution in [0.1, 0.15) is 34.6 Å². The third-order valence-corrected chi connectivity index (χ3v) is 7.15. The van der Waals surface area contributed by atoms with Crippen LogP contribution in [0.2, 0.25) is 0 Å². The first-order chi connectivity index (χ1) is 13.1. The normalized spacial score (nSPS) is 32.0. The molecular formula is C21H25N3O2S. The third-order valence-electron chi connectivity index (χ3n) is 6.47. The largest absolute Gasteiger partial charge is 0.370 e. The summed E-state index contributed by atoms with van der Waals surface area (Å²) in [7, 11) is 0. The molecule has 3 fully saturated rings. The van der Waals surface area contributed by atoms with Crippen molar-refractivity contribution in [2.45, 2.75) is 38.0 Å². The van der Waals surface area contributed by atoms with E-state index in [0.717, 1.165) is 49.4 Å². The quantitative estimate of drug-likeness (QED) is 0.863. The molecule has 1 spiro atoms. The van der Waals surface area contributed by atoms with Crippen LogP contribution in [0, 0.1) is 18.8 Å². The molecule has 6 heteroatoms. The van der Waals surface area contributed by atoms with Gasteiger partial charge in [0, 0.05) is 54.7 Å². The minimum absolute atomic E-state index is 0.00767. The first-order valence-corrected chi connectivity index (χ1v) is 10.7. The average Bonchev–Trinajstić information content (AvgIpc) is 3.40. The van der Waals surface area contributed by atoms with Gasteiger partial charge in [0.1, 0.15) is 0 Å². The van der Waals surface area contributed by atoms with E-state index in [9.17, 15) is 4.79 Å². The lowest BCUT2D eigenvalue weighted by molar-refractivity contribution is 0.00203. The number of aromatic nitrogens is 1. The van der Waals surface area contributed by atoms with Crippen LogP contribution in [-0.4, -0.2) is 47.1 Å². The van der Waals surface area contributed by atoms with E-state index in [4.69, 9.17) is 4.74 Å². The highest BCUT2D eigenvalue weighted by atomic mass is 32.1. The van der Waals surface area contributed by atoms with Crippen molar-refractivity contribution in [3.05, 3.63) is 52.0 Å². The first-order valence-electron chi connectivity index (χ1n) is 9.76. The van der Waals surface area contributed by atoms with Gasteiger partial charge in [0.05, 0.1) is 17.4 Å². The molecule has 27 heavy (non-hydrogen) atoms. The summed E-state index contributed by atoms with van der Waals surface area (Å²) in [5.74, 6) is 0.951. The Hall–Kier alpha value is -1.76. The molecule has 0 aliphatic carbocycles. The van der Waals surface area contributed by atoms with E-state index in [0.29, 0.717) is 24.5 Å². The highest BCUT2D eigenvalue weighted by molar-refractivity contribution is 7.08. The van der Waals surface area contributed by atoms with Gasteiger partial charge >= 0.3 is 0 Å². The molecule has 0 radical (unpaired) electrons. The maximum Gasteiger partial charge on any atom is 0.252 e. The number of fused-ring (bicyclic) bond motifs is 1. The molecule has 0 unspecified atom stereocenters. The molecule has 2 bridgehead atoms. The molecule has 0 aromatic carbocycles. The van der Waals surface area contributed by atoms with Gasteiger partial charge in [0.15, 0.2) is 0 Å². The maximum atomic E-state index is 12.3. The maximum absolute atomic E-state index is 12.3. The zero-order valence-electron chi connectivity index (χ0n) is 15.6. The number of aryl methyl sites for hydroxylation is 1. The number of carbonyl (C=O) groups excluding carboxylic acids is 1. The van der Waals surface area contributed by atoms with Crippen LogP contribution in [0.5, 0.6) is 0 Å². The molecule has 5 nitrogen and oxygen atoms in total. The minimum atomic E-state index is -0.00767. The van der Waals surface area contributed by atoms with Gasteiger partial charge in [0.2, 0.25) is 0 Å². The lowest BCUT2D eigenvalue weighted by Gasteiger charge is -2.29. The Bertz CT molecular complexity index is 840. The van der Waals surface area contributed by atoms with Crippen molar-refractivity contribution in [1.82, 2.24) is 15.2 Å². The molecule has 3 aliphatic heterocycles. The number of thiophene rings is 1. The van der Waals surface area contributed by atoms with Gasteiger partial charge in [0.25, 0.3) is 5.91 Å². The Morgan fingerprint density at radius 2 is 2.37 bits per heavy atom.